The molecule has 1 aromatic heterocycles. The van der Waals surface area contributed by atoms with E-state index in [9.17, 15) is 4.79 Å². The number of fused-ring (bicyclic) bond motifs is 1. The molecule has 0 aliphatic heterocycles. The van der Waals surface area contributed by atoms with Gasteiger partial charge in [-0.15, -0.1) is 0 Å². The normalized spacial score (nSPS) is 12.9. The average molecular weight is 246 g/mol. The van der Waals surface area contributed by atoms with E-state index in [1.807, 2.05) is 35.8 Å². The van der Waals surface area contributed by atoms with Gasteiger partial charge in [-0.05, 0) is 19.1 Å². The molecular weight excluding hydrogens is 228 g/mol. The van der Waals surface area contributed by atoms with Crippen LogP contribution in [0.5, 0.6) is 0 Å². The summed E-state index contributed by atoms with van der Waals surface area (Å²) in [6.45, 7) is 5.98. The van der Waals surface area contributed by atoms with Gasteiger partial charge in [0.05, 0.1) is 18.1 Å². The zero-order valence-corrected chi connectivity index (χ0v) is 11.2. The molecule has 0 spiro atoms. The van der Waals surface area contributed by atoms with Crippen LogP contribution in [0.15, 0.2) is 24.3 Å². The van der Waals surface area contributed by atoms with E-state index in [4.69, 9.17) is 4.74 Å². The van der Waals surface area contributed by atoms with Crippen LogP contribution in [-0.2, 0) is 9.53 Å². The second kappa shape index (κ2) is 4.80. The monoisotopic (exact) mass is 246 g/mol. The maximum Gasteiger partial charge on any atom is 0.328 e. The van der Waals surface area contributed by atoms with Crippen LogP contribution in [0.1, 0.15) is 38.6 Å². The lowest BCUT2D eigenvalue weighted by molar-refractivity contribution is -0.143. The zero-order valence-electron chi connectivity index (χ0n) is 11.2. The molecule has 0 saturated carbocycles. The maximum absolute atomic E-state index is 11.8. The van der Waals surface area contributed by atoms with Gasteiger partial charge in [0, 0.05) is 5.92 Å². The molecule has 0 saturated heterocycles. The molecule has 4 nitrogen and oxygen atoms in total. The molecule has 1 unspecified atom stereocenters. The molecule has 0 amide bonds. The fourth-order valence-corrected chi connectivity index (χ4v) is 2.15. The summed E-state index contributed by atoms with van der Waals surface area (Å²) in [5, 5.41) is 0. The number of methoxy groups -OCH3 is 1. The molecule has 18 heavy (non-hydrogen) atoms. The van der Waals surface area contributed by atoms with Crippen molar-refractivity contribution in [3.05, 3.63) is 30.1 Å². The van der Waals surface area contributed by atoms with Crippen molar-refractivity contribution < 1.29 is 9.53 Å². The van der Waals surface area contributed by atoms with E-state index in [1.54, 1.807) is 0 Å². The number of carbonyl (C=O) groups is 1. The Morgan fingerprint density at radius 3 is 2.56 bits per heavy atom. The molecule has 0 N–H and O–H groups in total. The molecule has 0 fully saturated rings. The smallest absolute Gasteiger partial charge is 0.328 e. The van der Waals surface area contributed by atoms with Crippen molar-refractivity contribution in [3.63, 3.8) is 0 Å². The van der Waals surface area contributed by atoms with Gasteiger partial charge in [0.25, 0.3) is 0 Å². The van der Waals surface area contributed by atoms with Gasteiger partial charge >= 0.3 is 5.97 Å². The average Bonchev–Trinajstić information content (AvgIpc) is 2.76. The summed E-state index contributed by atoms with van der Waals surface area (Å²) < 4.78 is 6.80. The lowest BCUT2D eigenvalue weighted by Crippen LogP contribution is -2.20. The molecule has 0 aliphatic rings. The highest BCUT2D eigenvalue weighted by Crippen LogP contribution is 2.26. The van der Waals surface area contributed by atoms with Gasteiger partial charge in [-0.2, -0.15) is 0 Å². The number of nitrogens with zero attached hydrogens (tertiary/aromatic N) is 2. The van der Waals surface area contributed by atoms with E-state index in [1.165, 1.54) is 7.11 Å². The van der Waals surface area contributed by atoms with E-state index >= 15 is 0 Å². The van der Waals surface area contributed by atoms with Crippen LogP contribution < -0.4 is 0 Å². The Bertz CT molecular complexity index is 572. The number of imidazole rings is 1. The topological polar surface area (TPSA) is 44.1 Å². The Hall–Kier alpha value is -1.84. The number of para-hydroxylation sites is 2. The van der Waals surface area contributed by atoms with Crippen LogP contribution in [0.25, 0.3) is 11.0 Å². The molecule has 1 aromatic carbocycles. The molecule has 2 aromatic rings. The van der Waals surface area contributed by atoms with E-state index in [0.717, 1.165) is 16.9 Å². The predicted octanol–water partition coefficient (Wildman–Crippen LogP) is 2.89. The van der Waals surface area contributed by atoms with Crippen LogP contribution in [0.4, 0.5) is 0 Å². The highest BCUT2D eigenvalue weighted by atomic mass is 16.5. The molecule has 0 bridgehead atoms. The second-order valence-electron chi connectivity index (χ2n) is 4.68. The Labute approximate surface area is 107 Å². The number of hydrogen-bond acceptors (Lipinski definition) is 3. The number of ether oxygens (including phenoxy) is 1. The minimum Gasteiger partial charge on any atom is -0.467 e. The van der Waals surface area contributed by atoms with Gasteiger partial charge < -0.3 is 9.30 Å². The summed E-state index contributed by atoms with van der Waals surface area (Å²) in [4.78, 5) is 16.4. The number of hydrogen-bond donors (Lipinski definition) is 0. The van der Waals surface area contributed by atoms with Gasteiger partial charge in [-0.25, -0.2) is 9.78 Å². The van der Waals surface area contributed by atoms with E-state index < -0.39 is 0 Å². The predicted molar refractivity (Wildman–Crippen MR) is 70.5 cm³/mol. The van der Waals surface area contributed by atoms with Crippen LogP contribution in [-0.4, -0.2) is 22.6 Å². The van der Waals surface area contributed by atoms with Gasteiger partial charge in [0.1, 0.15) is 11.9 Å². The number of carbonyl (C=O) groups excluding carboxylic acids is 1. The quantitative estimate of drug-likeness (QED) is 0.782. The van der Waals surface area contributed by atoms with Crippen molar-refractivity contribution in [2.75, 3.05) is 7.11 Å². The molecular formula is C14H18N2O2. The number of esters is 1. The van der Waals surface area contributed by atoms with Crippen molar-refractivity contribution in [2.24, 2.45) is 0 Å². The molecule has 1 heterocycles. The summed E-state index contributed by atoms with van der Waals surface area (Å²) >= 11 is 0. The van der Waals surface area contributed by atoms with Gasteiger partial charge in [0.2, 0.25) is 0 Å². The highest BCUT2D eigenvalue weighted by Gasteiger charge is 2.23. The van der Waals surface area contributed by atoms with Gasteiger partial charge in [0.15, 0.2) is 0 Å². The minimum absolute atomic E-state index is 0.250. The van der Waals surface area contributed by atoms with Gasteiger partial charge in [-0.1, -0.05) is 26.0 Å². The largest absolute Gasteiger partial charge is 0.467 e. The van der Waals surface area contributed by atoms with Crippen LogP contribution in [0, 0.1) is 0 Å². The van der Waals surface area contributed by atoms with Gasteiger partial charge in [-0.3, -0.25) is 0 Å². The molecule has 0 radical (unpaired) electrons. The molecule has 96 valence electrons. The van der Waals surface area contributed by atoms with Crippen LogP contribution >= 0.6 is 0 Å². The third kappa shape index (κ3) is 1.98. The molecule has 1 atom stereocenters. The van der Waals surface area contributed by atoms with Crippen molar-refractivity contribution in [1.29, 1.82) is 0 Å². The SMILES string of the molecule is COC(=O)C(C)n1c(C(C)C)nc2ccccc21. The lowest BCUT2D eigenvalue weighted by Gasteiger charge is -2.17. The third-order valence-electron chi connectivity index (χ3n) is 3.07. The number of rotatable bonds is 3. The summed E-state index contributed by atoms with van der Waals surface area (Å²) in [5.41, 5.74) is 1.89. The second-order valence-corrected chi connectivity index (χ2v) is 4.68. The number of aromatic nitrogens is 2. The Morgan fingerprint density at radius 1 is 1.28 bits per heavy atom. The third-order valence-corrected chi connectivity index (χ3v) is 3.07. The fourth-order valence-electron chi connectivity index (χ4n) is 2.15. The standard InChI is InChI=1S/C14H18N2O2/c1-9(2)13-15-11-7-5-6-8-12(11)16(13)10(3)14(17)18-4/h5-10H,1-4H3. The van der Waals surface area contributed by atoms with Crippen molar-refractivity contribution in [1.82, 2.24) is 9.55 Å². The highest BCUT2D eigenvalue weighted by molar-refractivity contribution is 5.81. The van der Waals surface area contributed by atoms with Crippen molar-refractivity contribution in [3.8, 4) is 0 Å². The van der Waals surface area contributed by atoms with Crippen LogP contribution in [0.2, 0.25) is 0 Å². The lowest BCUT2D eigenvalue weighted by atomic mass is 10.2. The Balaban J connectivity index is 2.65. The molecule has 0 aliphatic carbocycles. The Morgan fingerprint density at radius 2 is 1.94 bits per heavy atom. The Kier molecular flexibility index (Phi) is 3.36. The summed E-state index contributed by atoms with van der Waals surface area (Å²) in [6.07, 6.45) is 0. The summed E-state index contributed by atoms with van der Waals surface area (Å²) in [5.74, 6) is 0.915. The van der Waals surface area contributed by atoms with E-state index in [2.05, 4.69) is 18.8 Å². The first-order valence-corrected chi connectivity index (χ1v) is 6.11. The first-order valence-electron chi connectivity index (χ1n) is 6.11. The zero-order chi connectivity index (χ0) is 13.3. The maximum atomic E-state index is 11.8. The van der Waals surface area contributed by atoms with E-state index in [0.29, 0.717) is 0 Å². The van der Waals surface area contributed by atoms with E-state index in [-0.39, 0.29) is 17.9 Å². The number of benzene rings is 1. The molecule has 2 rings (SSSR count). The summed E-state index contributed by atoms with van der Waals surface area (Å²) in [7, 11) is 1.41. The fraction of sp³-hybridized carbons (Fsp3) is 0.429. The first kappa shape index (κ1) is 12.6. The van der Waals surface area contributed by atoms with Crippen molar-refractivity contribution >= 4 is 17.0 Å². The minimum atomic E-state index is -0.361. The molecule has 4 heteroatoms. The summed E-state index contributed by atoms with van der Waals surface area (Å²) in [6, 6.07) is 7.48. The van der Waals surface area contributed by atoms with Crippen molar-refractivity contribution in [2.45, 2.75) is 32.7 Å². The van der Waals surface area contributed by atoms with Crippen LogP contribution in [0.3, 0.4) is 0 Å². The first-order chi connectivity index (χ1) is 8.56.